The molecule has 1 aliphatic rings. The molecular weight excluding hydrogens is 363 g/mol. The van der Waals surface area contributed by atoms with Crippen LogP contribution in [0.25, 0.3) is 0 Å². The number of nitrogens with one attached hydrogen (secondary N) is 3. The lowest BCUT2D eigenvalue weighted by Gasteiger charge is -2.27. The monoisotopic (exact) mass is 390 g/mol. The van der Waals surface area contributed by atoms with E-state index in [1.165, 1.54) is 6.20 Å². The van der Waals surface area contributed by atoms with Crippen molar-refractivity contribution in [2.24, 2.45) is 11.8 Å². The molecule has 8 heteroatoms. The number of amides is 2. The summed E-state index contributed by atoms with van der Waals surface area (Å²) < 4.78 is 0. The van der Waals surface area contributed by atoms with Crippen molar-refractivity contribution in [3.63, 3.8) is 0 Å². The quantitative estimate of drug-likeness (QED) is 0.619. The van der Waals surface area contributed by atoms with Crippen LogP contribution in [0.15, 0.2) is 24.5 Å². The van der Waals surface area contributed by atoms with E-state index in [2.05, 4.69) is 27.9 Å². The normalized spacial score (nSPS) is 15.2. The zero-order chi connectivity index (χ0) is 16.5. The van der Waals surface area contributed by atoms with Crippen molar-refractivity contribution in [3.05, 3.63) is 30.1 Å². The molecule has 2 rings (SSSR count). The van der Waals surface area contributed by atoms with Crippen molar-refractivity contribution in [3.8, 4) is 0 Å². The molecule has 0 spiro atoms. The number of rotatable bonds is 7. The van der Waals surface area contributed by atoms with Crippen LogP contribution < -0.4 is 16.0 Å². The van der Waals surface area contributed by atoms with Crippen molar-refractivity contribution in [1.82, 2.24) is 20.9 Å². The fourth-order valence-electron chi connectivity index (χ4n) is 2.92. The van der Waals surface area contributed by atoms with Crippen molar-refractivity contribution in [2.45, 2.75) is 26.2 Å². The Morgan fingerprint density at radius 1 is 1.24 bits per heavy atom. The molecule has 3 N–H and O–H groups in total. The highest BCUT2D eigenvalue weighted by molar-refractivity contribution is 5.93. The number of pyridine rings is 1. The van der Waals surface area contributed by atoms with Crippen LogP contribution in [-0.2, 0) is 4.79 Å². The Morgan fingerprint density at radius 2 is 1.92 bits per heavy atom. The van der Waals surface area contributed by atoms with Gasteiger partial charge >= 0.3 is 0 Å². The maximum absolute atomic E-state index is 12.0. The molecule has 2 heterocycles. The number of piperidine rings is 1. The minimum absolute atomic E-state index is 0. The molecule has 0 aromatic carbocycles. The van der Waals surface area contributed by atoms with Gasteiger partial charge in [-0.15, -0.1) is 24.8 Å². The van der Waals surface area contributed by atoms with Crippen molar-refractivity contribution < 1.29 is 9.59 Å². The van der Waals surface area contributed by atoms with E-state index in [9.17, 15) is 9.59 Å². The van der Waals surface area contributed by atoms with Gasteiger partial charge < -0.3 is 16.0 Å². The van der Waals surface area contributed by atoms with Gasteiger partial charge in [0, 0.05) is 31.9 Å². The number of nitrogens with zero attached hydrogens (tertiary/aromatic N) is 1. The lowest BCUT2D eigenvalue weighted by atomic mass is 9.84. The first-order valence-corrected chi connectivity index (χ1v) is 8.32. The standard InChI is InChI=1S/C17H26N4O2.2ClH/c1-13(14-4-7-18-8-5-14)11-16(22)20-9-10-21-17(23)15-3-2-6-19-12-15;;/h2-3,6,12-14,18H,4-5,7-11H2,1H3,(H,20,22)(H,21,23);2*1H. The molecule has 1 fully saturated rings. The lowest BCUT2D eigenvalue weighted by Crippen LogP contribution is -2.37. The summed E-state index contributed by atoms with van der Waals surface area (Å²) in [6.45, 7) is 5.12. The molecule has 0 saturated carbocycles. The second-order valence-electron chi connectivity index (χ2n) is 6.12. The predicted molar refractivity (Wildman–Crippen MR) is 103 cm³/mol. The second-order valence-corrected chi connectivity index (χ2v) is 6.12. The van der Waals surface area contributed by atoms with E-state index in [1.54, 1.807) is 18.3 Å². The van der Waals surface area contributed by atoms with E-state index in [-0.39, 0.29) is 36.6 Å². The Labute approximate surface area is 161 Å². The molecule has 1 aromatic rings. The average molecular weight is 391 g/mol. The topological polar surface area (TPSA) is 83.1 Å². The van der Waals surface area contributed by atoms with Crippen LogP contribution in [0.2, 0.25) is 0 Å². The van der Waals surface area contributed by atoms with Crippen LogP contribution in [-0.4, -0.2) is 43.0 Å². The molecule has 0 bridgehead atoms. The summed E-state index contributed by atoms with van der Waals surface area (Å²) in [5, 5.41) is 8.99. The highest BCUT2D eigenvalue weighted by atomic mass is 35.5. The molecule has 6 nitrogen and oxygen atoms in total. The minimum Gasteiger partial charge on any atom is -0.354 e. The molecule has 142 valence electrons. The summed E-state index contributed by atoms with van der Waals surface area (Å²) in [6, 6.07) is 3.43. The second kappa shape index (κ2) is 12.9. The van der Waals surface area contributed by atoms with Crippen LogP contribution in [0, 0.1) is 11.8 Å². The average Bonchev–Trinajstić information content (AvgIpc) is 2.60. The number of carbonyl (C=O) groups excluding carboxylic acids is 2. The number of hydrogen-bond acceptors (Lipinski definition) is 4. The molecule has 2 amide bonds. The van der Waals surface area contributed by atoms with Crippen LogP contribution in [0.4, 0.5) is 0 Å². The van der Waals surface area contributed by atoms with Gasteiger partial charge in [0.05, 0.1) is 5.56 Å². The molecular formula is C17H28Cl2N4O2. The summed E-state index contributed by atoms with van der Waals surface area (Å²) in [7, 11) is 0. The van der Waals surface area contributed by atoms with Crippen LogP contribution in [0.1, 0.15) is 36.5 Å². The van der Waals surface area contributed by atoms with Gasteiger partial charge in [-0.2, -0.15) is 0 Å². The minimum atomic E-state index is -0.171. The van der Waals surface area contributed by atoms with Crippen LogP contribution in [0.5, 0.6) is 0 Å². The number of aromatic nitrogens is 1. The Balaban J connectivity index is 0.00000288. The van der Waals surface area contributed by atoms with Crippen molar-refractivity contribution >= 4 is 36.6 Å². The number of hydrogen-bond donors (Lipinski definition) is 3. The SMILES string of the molecule is CC(CC(=O)NCCNC(=O)c1cccnc1)C1CCNCC1.Cl.Cl. The van der Waals surface area contributed by atoms with E-state index < -0.39 is 0 Å². The largest absolute Gasteiger partial charge is 0.354 e. The molecule has 1 atom stereocenters. The maximum Gasteiger partial charge on any atom is 0.252 e. The first-order chi connectivity index (χ1) is 11.2. The summed E-state index contributed by atoms with van der Waals surface area (Å²) in [5.74, 6) is 0.927. The van der Waals surface area contributed by atoms with Gasteiger partial charge in [-0.3, -0.25) is 14.6 Å². The van der Waals surface area contributed by atoms with Crippen LogP contribution in [0.3, 0.4) is 0 Å². The van der Waals surface area contributed by atoms with Gasteiger partial charge in [0.2, 0.25) is 5.91 Å². The van der Waals surface area contributed by atoms with Gasteiger partial charge in [-0.05, 0) is 49.9 Å². The number of halogens is 2. The van der Waals surface area contributed by atoms with Gasteiger partial charge in [-0.1, -0.05) is 6.92 Å². The van der Waals surface area contributed by atoms with E-state index in [1.807, 2.05) is 0 Å². The highest BCUT2D eigenvalue weighted by Gasteiger charge is 2.21. The van der Waals surface area contributed by atoms with E-state index >= 15 is 0 Å². The lowest BCUT2D eigenvalue weighted by molar-refractivity contribution is -0.122. The Morgan fingerprint density at radius 3 is 2.56 bits per heavy atom. The zero-order valence-corrected chi connectivity index (χ0v) is 16.1. The van der Waals surface area contributed by atoms with E-state index in [0.29, 0.717) is 36.9 Å². The molecule has 1 aromatic heterocycles. The first kappa shape index (κ1) is 23.6. The predicted octanol–water partition coefficient (Wildman–Crippen LogP) is 1.80. The zero-order valence-electron chi connectivity index (χ0n) is 14.5. The Bertz CT molecular complexity index is 511. The van der Waals surface area contributed by atoms with Crippen LogP contribution >= 0.6 is 24.8 Å². The summed E-state index contributed by atoms with van der Waals surface area (Å²) in [5.41, 5.74) is 0.526. The van der Waals surface area contributed by atoms with Gasteiger partial charge in [0.1, 0.15) is 0 Å². The van der Waals surface area contributed by atoms with E-state index in [4.69, 9.17) is 0 Å². The number of carbonyl (C=O) groups is 2. The maximum atomic E-state index is 12.0. The van der Waals surface area contributed by atoms with Gasteiger partial charge in [-0.25, -0.2) is 0 Å². The van der Waals surface area contributed by atoms with Gasteiger partial charge in [0.15, 0.2) is 0 Å². The Kier molecular flexibility index (Phi) is 12.2. The van der Waals surface area contributed by atoms with E-state index in [0.717, 1.165) is 25.9 Å². The fourth-order valence-corrected chi connectivity index (χ4v) is 2.92. The third-order valence-electron chi connectivity index (χ3n) is 4.35. The highest BCUT2D eigenvalue weighted by Crippen LogP contribution is 2.23. The third kappa shape index (κ3) is 8.52. The molecule has 0 radical (unpaired) electrons. The molecule has 25 heavy (non-hydrogen) atoms. The fraction of sp³-hybridized carbons (Fsp3) is 0.588. The summed E-state index contributed by atoms with van der Waals surface area (Å²) in [4.78, 5) is 27.7. The van der Waals surface area contributed by atoms with Crippen molar-refractivity contribution in [1.29, 1.82) is 0 Å². The summed E-state index contributed by atoms with van der Waals surface area (Å²) in [6.07, 6.45) is 6.00. The molecule has 1 saturated heterocycles. The van der Waals surface area contributed by atoms with Crippen molar-refractivity contribution in [2.75, 3.05) is 26.2 Å². The molecule has 1 unspecified atom stereocenters. The summed E-state index contributed by atoms with van der Waals surface area (Å²) >= 11 is 0. The van der Waals surface area contributed by atoms with Gasteiger partial charge in [0.25, 0.3) is 5.91 Å². The smallest absolute Gasteiger partial charge is 0.252 e. The molecule has 1 aliphatic heterocycles. The first-order valence-electron chi connectivity index (χ1n) is 8.32. The molecule has 0 aliphatic carbocycles. The Hall–Kier alpha value is -1.37. The third-order valence-corrected chi connectivity index (χ3v) is 4.35.